The summed E-state index contributed by atoms with van der Waals surface area (Å²) in [5, 5.41) is 8.96. The molecule has 0 aliphatic heterocycles. The number of primary sulfonamides is 1. The molecule has 2 aromatic rings. The Kier molecular flexibility index (Phi) is 4.32. The van der Waals surface area contributed by atoms with Gasteiger partial charge in [0.25, 0.3) is 0 Å². The Bertz CT molecular complexity index is 693. The van der Waals surface area contributed by atoms with Gasteiger partial charge in [-0.1, -0.05) is 12.1 Å². The van der Waals surface area contributed by atoms with Crippen molar-refractivity contribution >= 4 is 21.0 Å². The summed E-state index contributed by atoms with van der Waals surface area (Å²) in [4.78, 5) is 0. The topological polar surface area (TPSA) is 94.6 Å². The lowest BCUT2D eigenvalue weighted by atomic mass is 10.2. The van der Waals surface area contributed by atoms with Crippen molar-refractivity contribution in [3.05, 3.63) is 30.0 Å². The lowest BCUT2D eigenvalue weighted by Gasteiger charge is -2.10. The van der Waals surface area contributed by atoms with Crippen molar-refractivity contribution in [2.75, 3.05) is 19.4 Å². The number of methoxy groups -OCH3 is 1. The molecule has 0 fully saturated rings. The number of nitrogens with one attached hydrogen (secondary N) is 1. The molecule has 1 unspecified atom stereocenters. The fraction of sp³-hybridized carbons (Fsp3) is 0.385. The van der Waals surface area contributed by atoms with Crippen LogP contribution in [0, 0.1) is 0 Å². The Labute approximate surface area is 117 Å². The van der Waals surface area contributed by atoms with Gasteiger partial charge in [0, 0.05) is 11.9 Å². The third-order valence-corrected chi connectivity index (χ3v) is 3.78. The van der Waals surface area contributed by atoms with E-state index in [1.807, 2.05) is 31.2 Å². The first-order valence-corrected chi connectivity index (χ1v) is 7.92. The summed E-state index contributed by atoms with van der Waals surface area (Å²) in [5.74, 6) is 1.28. The second-order valence-corrected chi connectivity index (χ2v) is 6.30. The van der Waals surface area contributed by atoms with Crippen molar-refractivity contribution in [3.8, 4) is 5.75 Å². The van der Waals surface area contributed by atoms with Gasteiger partial charge in [-0.05, 0) is 19.1 Å². The fourth-order valence-electron chi connectivity index (χ4n) is 1.95. The summed E-state index contributed by atoms with van der Waals surface area (Å²) in [6, 6.07) is 7.44. The van der Waals surface area contributed by atoms with E-state index in [0.717, 1.165) is 11.1 Å². The summed E-state index contributed by atoms with van der Waals surface area (Å²) < 4.78 is 32.7. The molecule has 0 aliphatic carbocycles. The summed E-state index contributed by atoms with van der Waals surface area (Å²) in [5.41, 5.74) is 0.685. The number of furan rings is 1. The molecule has 7 heteroatoms. The zero-order valence-electron chi connectivity index (χ0n) is 11.4. The van der Waals surface area contributed by atoms with E-state index in [1.54, 1.807) is 7.11 Å². The molecule has 0 aliphatic rings. The second-order valence-electron chi connectivity index (χ2n) is 4.57. The Hall–Kier alpha value is -1.57. The van der Waals surface area contributed by atoms with E-state index in [1.165, 1.54) is 0 Å². The highest BCUT2D eigenvalue weighted by molar-refractivity contribution is 7.89. The van der Waals surface area contributed by atoms with Crippen molar-refractivity contribution in [2.45, 2.75) is 13.0 Å². The molecule has 110 valence electrons. The average Bonchev–Trinajstić information content (AvgIpc) is 2.80. The first-order chi connectivity index (χ1) is 9.40. The molecule has 0 saturated carbocycles. The third kappa shape index (κ3) is 3.50. The standard InChI is InChI=1S/C13H18N2O4S/c1-9(15-6-7-20(14,16)17)12-8-10-4-3-5-11(18-2)13(10)19-12/h3-5,8-9,15H,6-7H2,1-2H3,(H2,14,16,17). The molecule has 1 atom stereocenters. The minimum atomic E-state index is -3.45. The second kappa shape index (κ2) is 5.82. The number of ether oxygens (including phenoxy) is 1. The Balaban J connectivity index is 2.12. The first-order valence-electron chi connectivity index (χ1n) is 6.21. The van der Waals surface area contributed by atoms with E-state index >= 15 is 0 Å². The third-order valence-electron chi connectivity index (χ3n) is 3.01. The number of hydrogen-bond acceptors (Lipinski definition) is 5. The van der Waals surface area contributed by atoms with Crippen LogP contribution in [0.4, 0.5) is 0 Å². The van der Waals surface area contributed by atoms with E-state index in [4.69, 9.17) is 14.3 Å². The SMILES string of the molecule is COc1cccc2cc(C(C)NCCS(N)(=O)=O)oc12. The van der Waals surface area contributed by atoms with Crippen LogP contribution >= 0.6 is 0 Å². The van der Waals surface area contributed by atoms with Crippen LogP contribution in [-0.4, -0.2) is 27.8 Å². The van der Waals surface area contributed by atoms with Crippen molar-refractivity contribution in [1.82, 2.24) is 5.32 Å². The van der Waals surface area contributed by atoms with Crippen LogP contribution in [0.15, 0.2) is 28.7 Å². The number of sulfonamides is 1. The lowest BCUT2D eigenvalue weighted by molar-refractivity contribution is 0.401. The average molecular weight is 298 g/mol. The maximum absolute atomic E-state index is 10.9. The van der Waals surface area contributed by atoms with Crippen molar-refractivity contribution in [3.63, 3.8) is 0 Å². The zero-order valence-corrected chi connectivity index (χ0v) is 12.2. The van der Waals surface area contributed by atoms with E-state index < -0.39 is 10.0 Å². The van der Waals surface area contributed by atoms with Gasteiger partial charge in [-0.3, -0.25) is 0 Å². The highest BCUT2D eigenvalue weighted by Crippen LogP contribution is 2.30. The van der Waals surface area contributed by atoms with Crippen molar-refractivity contribution < 1.29 is 17.6 Å². The van der Waals surface area contributed by atoms with Gasteiger partial charge in [-0.2, -0.15) is 0 Å². The van der Waals surface area contributed by atoms with Crippen LogP contribution in [0.3, 0.4) is 0 Å². The molecule has 0 radical (unpaired) electrons. The van der Waals surface area contributed by atoms with Crippen LogP contribution in [0.5, 0.6) is 5.75 Å². The maximum Gasteiger partial charge on any atom is 0.210 e. The number of para-hydroxylation sites is 1. The van der Waals surface area contributed by atoms with Gasteiger partial charge in [0.15, 0.2) is 11.3 Å². The smallest absolute Gasteiger partial charge is 0.210 e. The van der Waals surface area contributed by atoms with E-state index in [0.29, 0.717) is 11.3 Å². The monoisotopic (exact) mass is 298 g/mol. The molecule has 0 amide bonds. The summed E-state index contributed by atoms with van der Waals surface area (Å²) in [7, 11) is -1.86. The Morgan fingerprint density at radius 2 is 2.20 bits per heavy atom. The predicted octanol–water partition coefficient (Wildman–Crippen LogP) is 1.38. The molecule has 1 aromatic heterocycles. The van der Waals surface area contributed by atoms with Crippen LogP contribution < -0.4 is 15.2 Å². The minimum Gasteiger partial charge on any atom is -0.493 e. The van der Waals surface area contributed by atoms with Gasteiger partial charge < -0.3 is 14.5 Å². The van der Waals surface area contributed by atoms with Crippen LogP contribution in [0.1, 0.15) is 18.7 Å². The molecule has 6 nitrogen and oxygen atoms in total. The van der Waals surface area contributed by atoms with Gasteiger partial charge in [0.2, 0.25) is 10.0 Å². The molecular formula is C13H18N2O4S. The Morgan fingerprint density at radius 3 is 2.85 bits per heavy atom. The number of hydrogen-bond donors (Lipinski definition) is 2. The summed E-state index contributed by atoms with van der Waals surface area (Å²) >= 11 is 0. The Morgan fingerprint density at radius 1 is 1.45 bits per heavy atom. The molecule has 1 aromatic carbocycles. The number of benzene rings is 1. The molecule has 0 bridgehead atoms. The summed E-state index contributed by atoms with van der Waals surface area (Å²) in [6.07, 6.45) is 0. The lowest BCUT2D eigenvalue weighted by Crippen LogP contribution is -2.28. The first kappa shape index (κ1) is 14.8. The molecule has 2 rings (SSSR count). The van der Waals surface area contributed by atoms with Crippen molar-refractivity contribution in [1.29, 1.82) is 0 Å². The highest BCUT2D eigenvalue weighted by Gasteiger charge is 2.14. The van der Waals surface area contributed by atoms with Crippen LogP contribution in [0.25, 0.3) is 11.0 Å². The van der Waals surface area contributed by atoms with Gasteiger partial charge in [-0.25, -0.2) is 13.6 Å². The van der Waals surface area contributed by atoms with Gasteiger partial charge in [0.1, 0.15) is 5.76 Å². The van der Waals surface area contributed by atoms with Crippen molar-refractivity contribution in [2.24, 2.45) is 5.14 Å². The highest BCUT2D eigenvalue weighted by atomic mass is 32.2. The van der Waals surface area contributed by atoms with E-state index in [-0.39, 0.29) is 18.3 Å². The normalized spacial score (nSPS) is 13.6. The maximum atomic E-state index is 10.9. The molecule has 0 spiro atoms. The fourth-order valence-corrected chi connectivity index (χ4v) is 2.35. The molecule has 20 heavy (non-hydrogen) atoms. The quantitative estimate of drug-likeness (QED) is 0.840. The zero-order chi connectivity index (χ0) is 14.8. The predicted molar refractivity (Wildman–Crippen MR) is 77.2 cm³/mol. The largest absolute Gasteiger partial charge is 0.493 e. The molecule has 0 saturated heterocycles. The van der Waals surface area contributed by atoms with E-state index in [2.05, 4.69) is 5.32 Å². The summed E-state index contributed by atoms with van der Waals surface area (Å²) in [6.45, 7) is 2.17. The number of rotatable bonds is 6. The van der Waals surface area contributed by atoms with Crippen LogP contribution in [0.2, 0.25) is 0 Å². The minimum absolute atomic E-state index is 0.110. The van der Waals surface area contributed by atoms with Gasteiger partial charge >= 0.3 is 0 Å². The molecule has 1 heterocycles. The van der Waals surface area contributed by atoms with Crippen LogP contribution in [-0.2, 0) is 10.0 Å². The molecule has 3 N–H and O–H groups in total. The van der Waals surface area contributed by atoms with Gasteiger partial charge in [0.05, 0.1) is 18.9 Å². The number of fused-ring (bicyclic) bond motifs is 1. The van der Waals surface area contributed by atoms with Gasteiger partial charge in [-0.15, -0.1) is 0 Å². The number of nitrogens with two attached hydrogens (primary N) is 1. The molecular weight excluding hydrogens is 280 g/mol. The van der Waals surface area contributed by atoms with E-state index in [9.17, 15) is 8.42 Å².